The van der Waals surface area contributed by atoms with Gasteiger partial charge in [-0.05, 0) is 86.4 Å². The summed E-state index contributed by atoms with van der Waals surface area (Å²) in [6.45, 7) is 8.19. The molecule has 236 valence electrons. The quantitative estimate of drug-likeness (QED) is 0.268. The van der Waals surface area contributed by atoms with Crippen LogP contribution in [0.4, 0.5) is 16.2 Å². The summed E-state index contributed by atoms with van der Waals surface area (Å²) in [4.78, 5) is 40.2. The Morgan fingerprint density at radius 3 is 2.56 bits per heavy atom. The van der Waals surface area contributed by atoms with Crippen molar-refractivity contribution in [1.29, 1.82) is 0 Å². The lowest BCUT2D eigenvalue weighted by atomic mass is 9.88. The standard InChI is InChI=1S/C36H43ClN6O2/c1-24-8-7-9-29(18-24)41-14-16-42(17-15-41)36(45)39-34(25(2)31-21-38-32-11-6-5-10-30(31)32)35(44)43-23-26(22-40(3)4)19-27-20-28(37)12-13-33(27)43/h5-13,18,20-21,25-26,34,38H,14-17,19,22-23H2,1-4H3,(H,39,45)/t25?,26-,34?/m1/s1. The van der Waals surface area contributed by atoms with Crippen LogP contribution in [-0.4, -0.2) is 86.1 Å². The van der Waals surface area contributed by atoms with Crippen LogP contribution >= 0.6 is 11.6 Å². The molecule has 1 saturated heterocycles. The zero-order valence-corrected chi connectivity index (χ0v) is 27.3. The number of rotatable bonds is 7. The molecule has 9 heteroatoms. The molecule has 0 bridgehead atoms. The van der Waals surface area contributed by atoms with E-state index < -0.39 is 6.04 Å². The van der Waals surface area contributed by atoms with Crippen molar-refractivity contribution in [3.8, 4) is 0 Å². The number of carbonyl (C=O) groups is 2. The van der Waals surface area contributed by atoms with E-state index in [2.05, 4.69) is 71.5 Å². The van der Waals surface area contributed by atoms with Crippen LogP contribution in [-0.2, 0) is 11.2 Å². The van der Waals surface area contributed by atoms with E-state index in [1.165, 1.54) is 11.3 Å². The van der Waals surface area contributed by atoms with Crippen molar-refractivity contribution in [2.45, 2.75) is 32.2 Å². The smallest absolute Gasteiger partial charge is 0.318 e. The minimum atomic E-state index is -0.770. The Bertz CT molecular complexity index is 1680. The fraction of sp³-hybridized carbons (Fsp3) is 0.389. The predicted molar refractivity (Wildman–Crippen MR) is 184 cm³/mol. The average Bonchev–Trinajstić information content (AvgIpc) is 3.46. The number of H-pyrrole nitrogens is 1. The van der Waals surface area contributed by atoms with Crippen molar-refractivity contribution in [3.63, 3.8) is 0 Å². The molecule has 3 aromatic carbocycles. The van der Waals surface area contributed by atoms with Crippen LogP contribution in [0.25, 0.3) is 10.9 Å². The topological polar surface area (TPSA) is 74.9 Å². The van der Waals surface area contributed by atoms with Gasteiger partial charge in [0, 0.05) is 78.7 Å². The Labute approximate surface area is 270 Å². The molecule has 0 saturated carbocycles. The number of aromatic amines is 1. The van der Waals surface area contributed by atoms with Gasteiger partial charge in [0.05, 0.1) is 0 Å². The number of amides is 3. The highest BCUT2D eigenvalue weighted by molar-refractivity contribution is 6.30. The summed E-state index contributed by atoms with van der Waals surface area (Å²) in [6, 6.07) is 21.4. The zero-order chi connectivity index (χ0) is 31.7. The second kappa shape index (κ2) is 13.2. The number of halogens is 1. The molecule has 6 rings (SSSR count). The number of urea groups is 1. The maximum Gasteiger partial charge on any atom is 0.318 e. The zero-order valence-electron chi connectivity index (χ0n) is 26.6. The van der Waals surface area contributed by atoms with Gasteiger partial charge < -0.3 is 29.9 Å². The molecule has 0 aliphatic carbocycles. The summed E-state index contributed by atoms with van der Waals surface area (Å²) in [5.41, 5.74) is 6.34. The predicted octanol–water partition coefficient (Wildman–Crippen LogP) is 5.90. The third kappa shape index (κ3) is 6.67. The lowest BCUT2D eigenvalue weighted by Crippen LogP contribution is -2.58. The van der Waals surface area contributed by atoms with Gasteiger partial charge in [-0.2, -0.15) is 0 Å². The maximum atomic E-state index is 14.8. The summed E-state index contributed by atoms with van der Waals surface area (Å²) in [7, 11) is 4.11. The summed E-state index contributed by atoms with van der Waals surface area (Å²) >= 11 is 6.42. The van der Waals surface area contributed by atoms with Crippen LogP contribution in [0.1, 0.15) is 29.5 Å². The first-order valence-electron chi connectivity index (χ1n) is 15.9. The number of piperazine rings is 1. The molecule has 2 unspecified atom stereocenters. The first kappa shape index (κ1) is 31.0. The Kier molecular flexibility index (Phi) is 9.06. The van der Waals surface area contributed by atoms with E-state index in [-0.39, 0.29) is 23.8 Å². The molecule has 0 radical (unpaired) electrons. The van der Waals surface area contributed by atoms with Gasteiger partial charge in [-0.15, -0.1) is 0 Å². The highest BCUT2D eigenvalue weighted by Crippen LogP contribution is 2.35. The first-order chi connectivity index (χ1) is 21.7. The summed E-state index contributed by atoms with van der Waals surface area (Å²) in [5, 5.41) is 4.94. The lowest BCUT2D eigenvalue weighted by Gasteiger charge is -2.40. The molecule has 1 aromatic heterocycles. The molecule has 8 nitrogen and oxygen atoms in total. The highest BCUT2D eigenvalue weighted by atomic mass is 35.5. The molecule has 3 amide bonds. The van der Waals surface area contributed by atoms with Crippen molar-refractivity contribution in [2.24, 2.45) is 5.92 Å². The molecular formula is C36H43ClN6O2. The average molecular weight is 627 g/mol. The van der Waals surface area contributed by atoms with Crippen LogP contribution in [0.5, 0.6) is 0 Å². The molecular weight excluding hydrogens is 584 g/mol. The second-order valence-corrected chi connectivity index (χ2v) is 13.3. The highest BCUT2D eigenvalue weighted by Gasteiger charge is 2.38. The van der Waals surface area contributed by atoms with Crippen LogP contribution in [0.3, 0.4) is 0 Å². The summed E-state index contributed by atoms with van der Waals surface area (Å²) in [5.74, 6) is -0.146. The Morgan fingerprint density at radius 2 is 1.80 bits per heavy atom. The van der Waals surface area contributed by atoms with Crippen molar-refractivity contribution in [3.05, 3.63) is 94.6 Å². The second-order valence-electron chi connectivity index (χ2n) is 12.9. The minimum absolute atomic E-state index is 0.105. The summed E-state index contributed by atoms with van der Waals surface area (Å²) < 4.78 is 0. The van der Waals surface area contributed by atoms with Gasteiger partial charge in [0.1, 0.15) is 6.04 Å². The van der Waals surface area contributed by atoms with E-state index >= 15 is 0 Å². The number of aryl methyl sites for hydroxylation is 1. The Hall–Kier alpha value is -4.01. The third-order valence-electron chi connectivity index (χ3n) is 9.26. The van der Waals surface area contributed by atoms with E-state index in [9.17, 15) is 9.59 Å². The Morgan fingerprint density at radius 1 is 1.02 bits per heavy atom. The number of para-hydroxylation sites is 1. The SMILES string of the molecule is Cc1cccc(N2CCN(C(=O)NC(C(=O)N3C[C@@H](CN(C)C)Cc4cc(Cl)ccc43)C(C)c3c[nH]c4ccccc34)CC2)c1. The number of fused-ring (bicyclic) bond motifs is 2. The van der Waals surface area contributed by atoms with E-state index in [0.29, 0.717) is 24.7 Å². The van der Waals surface area contributed by atoms with E-state index in [0.717, 1.165) is 53.8 Å². The number of benzene rings is 3. The lowest BCUT2D eigenvalue weighted by molar-refractivity contribution is -0.121. The number of nitrogens with one attached hydrogen (secondary N) is 2. The van der Waals surface area contributed by atoms with Crippen molar-refractivity contribution >= 4 is 45.8 Å². The third-order valence-corrected chi connectivity index (χ3v) is 9.50. The van der Waals surface area contributed by atoms with Crippen LogP contribution in [0.2, 0.25) is 5.02 Å². The molecule has 1 fully saturated rings. The van der Waals surface area contributed by atoms with Gasteiger partial charge in [-0.3, -0.25) is 4.79 Å². The number of hydrogen-bond acceptors (Lipinski definition) is 4. The number of carbonyl (C=O) groups excluding carboxylic acids is 2. The number of aromatic nitrogens is 1. The maximum absolute atomic E-state index is 14.8. The van der Waals surface area contributed by atoms with E-state index in [1.54, 1.807) is 0 Å². The fourth-order valence-electron chi connectivity index (χ4n) is 7.00. The molecule has 3 heterocycles. The molecule has 4 aromatic rings. The van der Waals surface area contributed by atoms with Gasteiger partial charge in [0.25, 0.3) is 0 Å². The normalized spacial score (nSPS) is 18.2. The van der Waals surface area contributed by atoms with E-state index in [4.69, 9.17) is 11.6 Å². The van der Waals surface area contributed by atoms with Gasteiger partial charge in [0.2, 0.25) is 5.91 Å². The molecule has 3 atom stereocenters. The molecule has 0 spiro atoms. The van der Waals surface area contributed by atoms with Crippen molar-refractivity contribution in [1.82, 2.24) is 20.1 Å². The molecule has 2 aliphatic rings. The largest absolute Gasteiger partial charge is 0.368 e. The molecule has 2 N–H and O–H groups in total. The van der Waals surface area contributed by atoms with E-state index in [1.807, 2.05) is 59.3 Å². The van der Waals surface area contributed by atoms with Gasteiger partial charge >= 0.3 is 6.03 Å². The van der Waals surface area contributed by atoms with Crippen LogP contribution < -0.4 is 15.1 Å². The molecule has 2 aliphatic heterocycles. The monoisotopic (exact) mass is 626 g/mol. The van der Waals surface area contributed by atoms with Gasteiger partial charge in [-0.25, -0.2) is 4.79 Å². The van der Waals surface area contributed by atoms with Gasteiger partial charge in [-0.1, -0.05) is 48.9 Å². The number of anilines is 2. The number of hydrogen-bond donors (Lipinski definition) is 2. The number of nitrogens with zero attached hydrogens (tertiary/aromatic N) is 4. The molecule has 45 heavy (non-hydrogen) atoms. The first-order valence-corrected chi connectivity index (χ1v) is 16.2. The summed E-state index contributed by atoms with van der Waals surface area (Å²) in [6.07, 6.45) is 2.82. The Balaban J connectivity index is 1.28. The van der Waals surface area contributed by atoms with Crippen molar-refractivity contribution < 1.29 is 9.59 Å². The minimum Gasteiger partial charge on any atom is -0.368 e. The van der Waals surface area contributed by atoms with Crippen LogP contribution in [0.15, 0.2) is 72.9 Å². The van der Waals surface area contributed by atoms with Crippen molar-refractivity contribution in [2.75, 3.05) is 63.2 Å². The fourth-order valence-corrected chi connectivity index (χ4v) is 7.19. The van der Waals surface area contributed by atoms with Crippen LogP contribution in [0, 0.1) is 12.8 Å². The van der Waals surface area contributed by atoms with Gasteiger partial charge in [0.15, 0.2) is 0 Å².